The normalized spacial score (nSPS) is 21.1. The Hall–Kier alpha value is -1.63. The average Bonchev–Trinajstić information content (AvgIpc) is 2.10. The highest BCUT2D eigenvalue weighted by Crippen LogP contribution is 2.19. The van der Waals surface area contributed by atoms with E-state index < -0.39 is 29.9 Å². The predicted octanol–water partition coefficient (Wildman–Crippen LogP) is -0.500. The molecular formula is C9H14N2O5. The van der Waals surface area contributed by atoms with E-state index in [4.69, 9.17) is 15.9 Å². The molecule has 1 rings (SSSR count). The maximum Gasteiger partial charge on any atom is 0.407 e. The van der Waals surface area contributed by atoms with Crippen LogP contribution in [0.2, 0.25) is 0 Å². The molecule has 90 valence electrons. The van der Waals surface area contributed by atoms with Crippen LogP contribution in [-0.2, 0) is 9.59 Å². The van der Waals surface area contributed by atoms with E-state index in [0.717, 1.165) is 4.90 Å². The summed E-state index contributed by atoms with van der Waals surface area (Å²) in [6, 6.07) is -1.59. The fourth-order valence-corrected chi connectivity index (χ4v) is 1.58. The first-order valence-electron chi connectivity index (χ1n) is 4.94. The number of rotatable bonds is 5. The van der Waals surface area contributed by atoms with E-state index in [0.29, 0.717) is 13.0 Å². The number of carboxylic acids is 1. The standard InChI is InChI=1S/C9H14N2O5/c10-5(1-2-7(12)13)8(14)6-3-4-11(6)9(15)16/h5-6H,1-4,10H2,(H,12,13)(H,15,16). The first-order valence-corrected chi connectivity index (χ1v) is 4.94. The Morgan fingerprint density at radius 3 is 2.38 bits per heavy atom. The minimum Gasteiger partial charge on any atom is -0.481 e. The largest absolute Gasteiger partial charge is 0.481 e. The fourth-order valence-electron chi connectivity index (χ4n) is 1.58. The molecule has 4 N–H and O–H groups in total. The number of Topliss-reactive ketones (excluding diaryl/α,β-unsaturated/α-hetero) is 1. The summed E-state index contributed by atoms with van der Waals surface area (Å²) in [4.78, 5) is 33.6. The van der Waals surface area contributed by atoms with Crippen molar-refractivity contribution < 1.29 is 24.6 Å². The van der Waals surface area contributed by atoms with Crippen molar-refractivity contribution in [1.29, 1.82) is 0 Å². The minimum absolute atomic E-state index is 0.0398. The molecule has 1 fully saturated rings. The van der Waals surface area contributed by atoms with Crippen molar-refractivity contribution in [2.45, 2.75) is 31.3 Å². The molecule has 1 saturated heterocycles. The number of likely N-dealkylation sites (tertiary alicyclic amines) is 1. The third-order valence-electron chi connectivity index (χ3n) is 2.63. The first kappa shape index (κ1) is 12.4. The van der Waals surface area contributed by atoms with E-state index >= 15 is 0 Å². The molecule has 0 aromatic heterocycles. The molecule has 0 bridgehead atoms. The molecule has 1 heterocycles. The third kappa shape index (κ3) is 2.69. The van der Waals surface area contributed by atoms with Crippen LogP contribution >= 0.6 is 0 Å². The summed E-state index contributed by atoms with van der Waals surface area (Å²) < 4.78 is 0. The topological polar surface area (TPSA) is 121 Å². The molecular weight excluding hydrogens is 216 g/mol. The van der Waals surface area contributed by atoms with E-state index in [2.05, 4.69) is 0 Å². The van der Waals surface area contributed by atoms with Gasteiger partial charge in [0, 0.05) is 13.0 Å². The van der Waals surface area contributed by atoms with Crippen molar-refractivity contribution >= 4 is 17.8 Å². The average molecular weight is 230 g/mol. The van der Waals surface area contributed by atoms with Gasteiger partial charge in [0.15, 0.2) is 5.78 Å². The molecule has 0 radical (unpaired) electrons. The van der Waals surface area contributed by atoms with E-state index in [1.165, 1.54) is 0 Å². The molecule has 1 amide bonds. The maximum absolute atomic E-state index is 11.6. The SMILES string of the molecule is NC(CCC(=O)O)C(=O)C1CCN1C(=O)O. The fraction of sp³-hybridized carbons (Fsp3) is 0.667. The first-order chi connectivity index (χ1) is 7.43. The highest BCUT2D eigenvalue weighted by atomic mass is 16.4. The molecule has 2 unspecified atom stereocenters. The van der Waals surface area contributed by atoms with Crippen LogP contribution in [0.4, 0.5) is 4.79 Å². The van der Waals surface area contributed by atoms with Crippen LogP contribution < -0.4 is 5.73 Å². The number of carbonyl (C=O) groups is 3. The van der Waals surface area contributed by atoms with Gasteiger partial charge in [0.05, 0.1) is 12.1 Å². The summed E-state index contributed by atoms with van der Waals surface area (Å²) in [6.07, 6.45) is -0.827. The molecule has 7 heteroatoms. The van der Waals surface area contributed by atoms with Gasteiger partial charge in [-0.3, -0.25) is 14.5 Å². The van der Waals surface area contributed by atoms with E-state index in [1.54, 1.807) is 0 Å². The smallest absolute Gasteiger partial charge is 0.407 e. The number of hydrogen-bond acceptors (Lipinski definition) is 4. The number of aliphatic carboxylic acids is 1. The lowest BCUT2D eigenvalue weighted by atomic mass is 9.93. The number of carboxylic acid groups (broad SMARTS) is 2. The van der Waals surface area contributed by atoms with E-state index in [1.807, 2.05) is 0 Å². The van der Waals surface area contributed by atoms with Crippen LogP contribution in [0.25, 0.3) is 0 Å². The molecule has 0 aromatic carbocycles. The van der Waals surface area contributed by atoms with Crippen molar-refractivity contribution in [2.75, 3.05) is 6.54 Å². The Bertz CT molecular complexity index is 317. The van der Waals surface area contributed by atoms with Crippen LogP contribution in [0.1, 0.15) is 19.3 Å². The molecule has 0 aromatic rings. The lowest BCUT2D eigenvalue weighted by Gasteiger charge is -2.38. The van der Waals surface area contributed by atoms with Crippen LogP contribution in [0.15, 0.2) is 0 Å². The lowest BCUT2D eigenvalue weighted by Crippen LogP contribution is -2.58. The van der Waals surface area contributed by atoms with Crippen LogP contribution in [0, 0.1) is 0 Å². The van der Waals surface area contributed by atoms with Gasteiger partial charge >= 0.3 is 12.1 Å². The molecule has 1 aliphatic rings. The Morgan fingerprint density at radius 1 is 1.38 bits per heavy atom. The second-order valence-corrected chi connectivity index (χ2v) is 3.72. The number of amides is 1. The summed E-state index contributed by atoms with van der Waals surface area (Å²) in [5.41, 5.74) is 5.51. The molecule has 0 spiro atoms. The van der Waals surface area contributed by atoms with Crippen LogP contribution in [0.3, 0.4) is 0 Å². The number of hydrogen-bond donors (Lipinski definition) is 3. The van der Waals surface area contributed by atoms with E-state index in [9.17, 15) is 14.4 Å². The molecule has 16 heavy (non-hydrogen) atoms. The number of nitrogens with zero attached hydrogens (tertiary/aromatic N) is 1. The molecule has 0 aliphatic carbocycles. The van der Waals surface area contributed by atoms with Crippen molar-refractivity contribution in [3.05, 3.63) is 0 Å². The molecule has 0 saturated carbocycles. The Morgan fingerprint density at radius 2 is 2.00 bits per heavy atom. The van der Waals surface area contributed by atoms with Gasteiger partial charge in [-0.15, -0.1) is 0 Å². The number of nitrogens with two attached hydrogens (primary N) is 1. The molecule has 1 aliphatic heterocycles. The monoisotopic (exact) mass is 230 g/mol. The molecule has 2 atom stereocenters. The highest BCUT2D eigenvalue weighted by molar-refractivity contribution is 5.92. The zero-order valence-electron chi connectivity index (χ0n) is 8.63. The quantitative estimate of drug-likeness (QED) is 0.585. The summed E-state index contributed by atoms with van der Waals surface area (Å²) in [5, 5.41) is 17.1. The summed E-state index contributed by atoms with van der Waals surface area (Å²) in [7, 11) is 0. The summed E-state index contributed by atoms with van der Waals surface area (Å²) in [6.45, 7) is 0.331. The zero-order valence-corrected chi connectivity index (χ0v) is 8.63. The maximum atomic E-state index is 11.6. The van der Waals surface area contributed by atoms with Gasteiger partial charge in [-0.2, -0.15) is 0 Å². The second-order valence-electron chi connectivity index (χ2n) is 3.72. The van der Waals surface area contributed by atoms with Crippen LogP contribution in [-0.4, -0.2) is 51.6 Å². The Kier molecular flexibility index (Phi) is 3.83. The molecule has 7 nitrogen and oxygen atoms in total. The van der Waals surface area contributed by atoms with Gasteiger partial charge in [0.2, 0.25) is 0 Å². The number of ketones is 1. The Labute approximate surface area is 91.8 Å². The van der Waals surface area contributed by atoms with Gasteiger partial charge in [0.25, 0.3) is 0 Å². The van der Waals surface area contributed by atoms with Gasteiger partial charge in [-0.25, -0.2) is 4.79 Å². The lowest BCUT2D eigenvalue weighted by molar-refractivity contribution is -0.137. The number of carbonyl (C=O) groups excluding carboxylic acids is 1. The zero-order chi connectivity index (χ0) is 12.3. The third-order valence-corrected chi connectivity index (χ3v) is 2.63. The van der Waals surface area contributed by atoms with Gasteiger partial charge in [-0.1, -0.05) is 0 Å². The van der Waals surface area contributed by atoms with Gasteiger partial charge in [0.1, 0.15) is 0 Å². The van der Waals surface area contributed by atoms with Crippen molar-refractivity contribution in [1.82, 2.24) is 4.90 Å². The predicted molar refractivity (Wildman–Crippen MR) is 53.0 cm³/mol. The van der Waals surface area contributed by atoms with Crippen LogP contribution in [0.5, 0.6) is 0 Å². The van der Waals surface area contributed by atoms with Gasteiger partial charge in [-0.05, 0) is 12.8 Å². The van der Waals surface area contributed by atoms with Gasteiger partial charge < -0.3 is 15.9 Å². The Balaban J connectivity index is 2.45. The van der Waals surface area contributed by atoms with Crippen molar-refractivity contribution in [3.8, 4) is 0 Å². The van der Waals surface area contributed by atoms with Crippen molar-refractivity contribution in [3.63, 3.8) is 0 Å². The second kappa shape index (κ2) is 4.93. The van der Waals surface area contributed by atoms with E-state index in [-0.39, 0.29) is 12.8 Å². The highest BCUT2D eigenvalue weighted by Gasteiger charge is 2.39. The summed E-state index contributed by atoms with van der Waals surface area (Å²) in [5.74, 6) is -1.41. The summed E-state index contributed by atoms with van der Waals surface area (Å²) >= 11 is 0. The van der Waals surface area contributed by atoms with Crippen molar-refractivity contribution in [2.24, 2.45) is 5.73 Å². The minimum atomic E-state index is -1.14.